The molecule has 2 rings (SSSR count). The molecule has 0 unspecified atom stereocenters. The van der Waals surface area contributed by atoms with E-state index in [9.17, 15) is 4.79 Å². The van der Waals surface area contributed by atoms with E-state index < -0.39 is 0 Å². The monoisotopic (exact) mass is 312 g/mol. The smallest absolute Gasteiger partial charge is 0.268 e. The SMILES string of the molecule is CC(C)n1cc(Br)cc1C(=O)NCc1ncon1. The Morgan fingerprint density at radius 2 is 2.39 bits per heavy atom. The highest BCUT2D eigenvalue weighted by molar-refractivity contribution is 9.10. The van der Waals surface area contributed by atoms with Crippen LogP contribution in [0.1, 0.15) is 36.2 Å². The molecule has 0 aliphatic rings. The quantitative estimate of drug-likeness (QED) is 0.938. The number of carbonyl (C=O) groups excluding carboxylic acids is 1. The van der Waals surface area contributed by atoms with Crippen LogP contribution in [-0.4, -0.2) is 20.6 Å². The minimum absolute atomic E-state index is 0.167. The summed E-state index contributed by atoms with van der Waals surface area (Å²) in [6.45, 7) is 4.28. The van der Waals surface area contributed by atoms with Gasteiger partial charge in [0.15, 0.2) is 5.82 Å². The van der Waals surface area contributed by atoms with Crippen molar-refractivity contribution in [1.82, 2.24) is 20.0 Å². The number of amides is 1. The van der Waals surface area contributed by atoms with Crippen molar-refractivity contribution in [2.45, 2.75) is 26.4 Å². The van der Waals surface area contributed by atoms with Gasteiger partial charge in [-0.3, -0.25) is 4.79 Å². The lowest BCUT2D eigenvalue weighted by Crippen LogP contribution is -2.26. The van der Waals surface area contributed by atoms with Crippen LogP contribution in [0, 0.1) is 0 Å². The van der Waals surface area contributed by atoms with Crippen molar-refractivity contribution in [3.05, 3.63) is 34.6 Å². The molecule has 96 valence electrons. The number of nitrogens with one attached hydrogen (secondary N) is 1. The second-order valence-electron chi connectivity index (χ2n) is 4.07. The Bertz CT molecular complexity index is 533. The zero-order valence-electron chi connectivity index (χ0n) is 10.1. The molecular weight excluding hydrogens is 300 g/mol. The minimum atomic E-state index is -0.167. The van der Waals surface area contributed by atoms with Crippen molar-refractivity contribution in [3.8, 4) is 0 Å². The first-order valence-corrected chi connectivity index (χ1v) is 6.28. The standard InChI is InChI=1S/C11H13BrN4O2/c1-7(2)16-5-8(12)3-9(16)11(17)13-4-10-14-6-18-15-10/h3,5-7H,4H2,1-2H3,(H,13,17). The van der Waals surface area contributed by atoms with Crippen LogP contribution in [0.2, 0.25) is 0 Å². The van der Waals surface area contributed by atoms with Crippen molar-refractivity contribution in [2.75, 3.05) is 0 Å². The van der Waals surface area contributed by atoms with Gasteiger partial charge in [0.1, 0.15) is 5.69 Å². The fourth-order valence-corrected chi connectivity index (χ4v) is 2.01. The summed E-state index contributed by atoms with van der Waals surface area (Å²) in [5, 5.41) is 6.37. The number of hydrogen-bond donors (Lipinski definition) is 1. The number of nitrogens with zero attached hydrogens (tertiary/aromatic N) is 3. The summed E-state index contributed by atoms with van der Waals surface area (Å²) in [7, 11) is 0. The first kappa shape index (κ1) is 12.8. The molecule has 6 nitrogen and oxygen atoms in total. The molecule has 0 atom stereocenters. The molecule has 1 amide bonds. The van der Waals surface area contributed by atoms with E-state index in [4.69, 9.17) is 0 Å². The largest absolute Gasteiger partial charge is 0.343 e. The maximum Gasteiger partial charge on any atom is 0.268 e. The summed E-state index contributed by atoms with van der Waals surface area (Å²) >= 11 is 3.37. The van der Waals surface area contributed by atoms with E-state index in [-0.39, 0.29) is 18.5 Å². The van der Waals surface area contributed by atoms with Crippen molar-refractivity contribution < 1.29 is 9.32 Å². The Hall–Kier alpha value is -1.63. The van der Waals surface area contributed by atoms with Gasteiger partial charge in [0.2, 0.25) is 6.39 Å². The third kappa shape index (κ3) is 2.79. The maximum absolute atomic E-state index is 12.0. The van der Waals surface area contributed by atoms with E-state index in [1.807, 2.05) is 24.6 Å². The van der Waals surface area contributed by atoms with E-state index in [2.05, 4.69) is 35.9 Å². The molecule has 2 aromatic heterocycles. The summed E-state index contributed by atoms with van der Waals surface area (Å²) in [6.07, 6.45) is 3.11. The maximum atomic E-state index is 12.0. The lowest BCUT2D eigenvalue weighted by molar-refractivity contribution is 0.0939. The Morgan fingerprint density at radius 3 is 3.00 bits per heavy atom. The number of carbonyl (C=O) groups is 1. The van der Waals surface area contributed by atoms with E-state index in [0.29, 0.717) is 11.5 Å². The molecular formula is C11H13BrN4O2. The van der Waals surface area contributed by atoms with E-state index in [1.165, 1.54) is 6.39 Å². The molecule has 0 bridgehead atoms. The van der Waals surface area contributed by atoms with E-state index >= 15 is 0 Å². The minimum Gasteiger partial charge on any atom is -0.343 e. The fourth-order valence-electron chi connectivity index (χ4n) is 1.58. The van der Waals surface area contributed by atoms with Gasteiger partial charge in [-0.2, -0.15) is 4.98 Å². The molecule has 0 saturated carbocycles. The van der Waals surface area contributed by atoms with Crippen LogP contribution in [0.3, 0.4) is 0 Å². The van der Waals surface area contributed by atoms with Gasteiger partial charge >= 0.3 is 0 Å². The highest BCUT2D eigenvalue weighted by Crippen LogP contribution is 2.19. The Labute approximate surface area is 112 Å². The number of aromatic nitrogens is 3. The summed E-state index contributed by atoms with van der Waals surface area (Å²) in [5.74, 6) is 0.282. The lowest BCUT2D eigenvalue weighted by Gasteiger charge is -2.12. The molecule has 2 heterocycles. The Balaban J connectivity index is 2.09. The summed E-state index contributed by atoms with van der Waals surface area (Å²) in [5.41, 5.74) is 0.598. The summed E-state index contributed by atoms with van der Waals surface area (Å²) < 4.78 is 7.37. The van der Waals surface area contributed by atoms with Crippen LogP contribution >= 0.6 is 15.9 Å². The fraction of sp³-hybridized carbons (Fsp3) is 0.364. The van der Waals surface area contributed by atoms with Crippen LogP contribution in [0.25, 0.3) is 0 Å². The van der Waals surface area contributed by atoms with Crippen LogP contribution in [0.5, 0.6) is 0 Å². The molecule has 0 saturated heterocycles. The second-order valence-corrected chi connectivity index (χ2v) is 4.99. The molecule has 0 fully saturated rings. The van der Waals surface area contributed by atoms with Crippen LogP contribution in [0.15, 0.2) is 27.7 Å². The molecule has 18 heavy (non-hydrogen) atoms. The highest BCUT2D eigenvalue weighted by atomic mass is 79.9. The first-order valence-electron chi connectivity index (χ1n) is 5.48. The molecule has 2 aromatic rings. The van der Waals surface area contributed by atoms with Gasteiger partial charge in [-0.1, -0.05) is 5.16 Å². The third-order valence-corrected chi connectivity index (χ3v) is 2.85. The van der Waals surface area contributed by atoms with Gasteiger partial charge in [-0.25, -0.2) is 0 Å². The number of rotatable bonds is 4. The van der Waals surface area contributed by atoms with Gasteiger partial charge in [0.05, 0.1) is 6.54 Å². The summed E-state index contributed by atoms with van der Waals surface area (Å²) in [6, 6.07) is 1.99. The van der Waals surface area contributed by atoms with Gasteiger partial charge in [0.25, 0.3) is 5.91 Å². The van der Waals surface area contributed by atoms with Gasteiger partial charge in [0, 0.05) is 16.7 Å². The van der Waals surface area contributed by atoms with Gasteiger partial charge in [-0.15, -0.1) is 0 Å². The molecule has 7 heteroatoms. The molecule has 1 N–H and O–H groups in total. The molecule has 0 aliphatic carbocycles. The molecule has 0 aliphatic heterocycles. The highest BCUT2D eigenvalue weighted by Gasteiger charge is 2.15. The average molecular weight is 313 g/mol. The number of hydrogen-bond acceptors (Lipinski definition) is 4. The number of halogens is 1. The summed E-state index contributed by atoms with van der Waals surface area (Å²) in [4.78, 5) is 15.9. The predicted octanol–water partition coefficient (Wildman–Crippen LogP) is 2.14. The van der Waals surface area contributed by atoms with E-state index in [0.717, 1.165) is 4.47 Å². The average Bonchev–Trinajstić information content (AvgIpc) is 2.94. The van der Waals surface area contributed by atoms with Gasteiger partial charge in [-0.05, 0) is 35.8 Å². The first-order chi connectivity index (χ1) is 8.58. The third-order valence-electron chi connectivity index (χ3n) is 2.42. The van der Waals surface area contributed by atoms with Crippen molar-refractivity contribution in [3.63, 3.8) is 0 Å². The van der Waals surface area contributed by atoms with Crippen molar-refractivity contribution in [2.24, 2.45) is 0 Å². The Kier molecular flexibility index (Phi) is 3.81. The Morgan fingerprint density at radius 1 is 1.61 bits per heavy atom. The second kappa shape index (κ2) is 5.34. The van der Waals surface area contributed by atoms with Crippen molar-refractivity contribution >= 4 is 21.8 Å². The topological polar surface area (TPSA) is 73.0 Å². The lowest BCUT2D eigenvalue weighted by atomic mass is 10.3. The normalized spacial score (nSPS) is 10.9. The van der Waals surface area contributed by atoms with E-state index in [1.54, 1.807) is 6.07 Å². The molecule has 0 aromatic carbocycles. The van der Waals surface area contributed by atoms with Crippen LogP contribution in [0.4, 0.5) is 0 Å². The van der Waals surface area contributed by atoms with Gasteiger partial charge < -0.3 is 14.4 Å². The van der Waals surface area contributed by atoms with Crippen molar-refractivity contribution in [1.29, 1.82) is 0 Å². The zero-order chi connectivity index (χ0) is 13.1. The van der Waals surface area contributed by atoms with Crippen LogP contribution in [-0.2, 0) is 6.54 Å². The molecule has 0 spiro atoms. The van der Waals surface area contributed by atoms with Crippen LogP contribution < -0.4 is 5.32 Å². The predicted molar refractivity (Wildman–Crippen MR) is 68.0 cm³/mol. The molecule has 0 radical (unpaired) electrons. The zero-order valence-corrected chi connectivity index (χ0v) is 11.6.